The zero-order valence-electron chi connectivity index (χ0n) is 17.2. The van der Waals surface area contributed by atoms with Gasteiger partial charge in [0.2, 0.25) is 0 Å². The third kappa shape index (κ3) is 4.61. The van der Waals surface area contributed by atoms with Crippen molar-refractivity contribution in [1.29, 1.82) is 0 Å². The van der Waals surface area contributed by atoms with Crippen LogP contribution in [0.4, 0.5) is 22.0 Å². The molecular formula is C22H14F5N3O5. The Morgan fingerprint density at radius 2 is 1.49 bits per heavy atom. The Morgan fingerprint density at radius 1 is 0.800 bits per heavy atom. The van der Waals surface area contributed by atoms with Crippen LogP contribution in [0.1, 0.15) is 16.7 Å². The average molecular weight is 495 g/mol. The van der Waals surface area contributed by atoms with E-state index in [0.717, 1.165) is 24.3 Å². The van der Waals surface area contributed by atoms with Crippen LogP contribution in [0.25, 0.3) is 27.8 Å². The Kier molecular flexibility index (Phi) is 5.68. The van der Waals surface area contributed by atoms with Gasteiger partial charge in [-0.2, -0.15) is 31.7 Å². The fraction of sp³-hybridized carbons (Fsp3) is 0.136. The van der Waals surface area contributed by atoms with Crippen molar-refractivity contribution < 1.29 is 42.4 Å². The number of rotatable bonds is 4. The molecule has 0 fully saturated rings. The van der Waals surface area contributed by atoms with Crippen LogP contribution in [-0.2, 0) is 18.3 Å². The summed E-state index contributed by atoms with van der Waals surface area (Å²) in [4.78, 5) is 17.1. The van der Waals surface area contributed by atoms with Crippen LogP contribution in [0.3, 0.4) is 0 Å². The maximum atomic E-state index is 14.0. The van der Waals surface area contributed by atoms with E-state index in [9.17, 15) is 47.2 Å². The van der Waals surface area contributed by atoms with Crippen molar-refractivity contribution in [2.75, 3.05) is 0 Å². The van der Waals surface area contributed by atoms with Gasteiger partial charge in [0.25, 0.3) is 5.56 Å². The SMILES string of the molecule is O=c1c2cccnc2c(-c2cccc(C(F)(F)F)c2)nn1-c1ccc(C(O)(O)F)c(C(O)(O)F)c1. The lowest BCUT2D eigenvalue weighted by atomic mass is 10.0. The van der Waals surface area contributed by atoms with E-state index in [-0.39, 0.29) is 22.2 Å². The van der Waals surface area contributed by atoms with Crippen LogP contribution < -0.4 is 5.56 Å². The molecule has 0 aliphatic heterocycles. The van der Waals surface area contributed by atoms with Crippen molar-refractivity contribution in [2.24, 2.45) is 0 Å². The van der Waals surface area contributed by atoms with Crippen LogP contribution >= 0.6 is 0 Å². The third-order valence-electron chi connectivity index (χ3n) is 5.05. The van der Waals surface area contributed by atoms with Gasteiger partial charge in [-0.15, -0.1) is 0 Å². The molecule has 8 nitrogen and oxygen atoms in total. The second-order valence-electron chi connectivity index (χ2n) is 7.45. The number of hydrogen-bond acceptors (Lipinski definition) is 7. The smallest absolute Gasteiger partial charge is 0.336 e. The van der Waals surface area contributed by atoms with Crippen molar-refractivity contribution >= 4 is 10.9 Å². The largest absolute Gasteiger partial charge is 0.416 e. The maximum Gasteiger partial charge on any atom is 0.416 e. The quantitative estimate of drug-likeness (QED) is 0.253. The minimum atomic E-state index is -4.68. The standard InChI is InChI=1S/C22H14F5N3O5/c23-20(24,25)12-4-1-3-11(9-12)17-18-14(5-2-8-28-18)19(31)30(29-17)13-6-7-15(21(26,32)33)16(10-13)22(27,34)35/h1-10,32-35H. The minimum Gasteiger partial charge on any atom is -0.336 e. The molecule has 0 aliphatic carbocycles. The highest BCUT2D eigenvalue weighted by Gasteiger charge is 2.38. The van der Waals surface area contributed by atoms with Gasteiger partial charge in [-0.3, -0.25) is 9.78 Å². The number of halogens is 5. The Morgan fingerprint density at radius 3 is 2.11 bits per heavy atom. The molecule has 0 spiro atoms. The summed E-state index contributed by atoms with van der Waals surface area (Å²) in [6.07, 6.45) is -3.39. The van der Waals surface area contributed by atoms with Crippen LogP contribution in [-0.4, -0.2) is 35.2 Å². The molecule has 2 aromatic heterocycles. The van der Waals surface area contributed by atoms with Crippen molar-refractivity contribution in [2.45, 2.75) is 18.3 Å². The number of benzene rings is 2. The number of aliphatic hydroxyl groups is 4. The highest BCUT2D eigenvalue weighted by Crippen LogP contribution is 2.34. The summed E-state index contributed by atoms with van der Waals surface area (Å²) in [5.74, 6) is 0. The van der Waals surface area contributed by atoms with E-state index in [1.165, 1.54) is 24.4 Å². The summed E-state index contributed by atoms with van der Waals surface area (Å²) in [6, 6.07) is 0.234. The molecule has 13 heteroatoms. The van der Waals surface area contributed by atoms with Gasteiger partial charge < -0.3 is 20.4 Å². The lowest BCUT2D eigenvalue weighted by Gasteiger charge is -2.21. The summed E-state index contributed by atoms with van der Waals surface area (Å²) in [7, 11) is 0. The van der Waals surface area contributed by atoms with Gasteiger partial charge in [0, 0.05) is 11.8 Å². The molecule has 0 amide bonds. The van der Waals surface area contributed by atoms with Crippen LogP contribution in [0.15, 0.2) is 65.6 Å². The summed E-state index contributed by atoms with van der Waals surface area (Å²) in [6.45, 7) is 0. The Balaban J connectivity index is 2.03. The van der Waals surface area contributed by atoms with Crippen molar-refractivity contribution in [1.82, 2.24) is 14.8 Å². The van der Waals surface area contributed by atoms with Gasteiger partial charge in [0.05, 0.1) is 27.8 Å². The maximum absolute atomic E-state index is 14.0. The summed E-state index contributed by atoms with van der Waals surface area (Å²) in [5, 5.41) is 41.0. The molecular weight excluding hydrogens is 481 g/mol. The first-order valence-electron chi connectivity index (χ1n) is 9.66. The summed E-state index contributed by atoms with van der Waals surface area (Å²) < 4.78 is 68.0. The number of aromatic nitrogens is 3. The monoisotopic (exact) mass is 495 g/mol. The van der Waals surface area contributed by atoms with E-state index in [1.807, 2.05) is 0 Å². The zero-order valence-corrected chi connectivity index (χ0v) is 17.2. The molecule has 0 saturated heterocycles. The summed E-state index contributed by atoms with van der Waals surface area (Å²) >= 11 is 0. The molecule has 4 rings (SSSR count). The Labute approximate surface area is 191 Å². The molecule has 0 radical (unpaired) electrons. The molecule has 182 valence electrons. The van der Waals surface area contributed by atoms with Crippen LogP contribution in [0.2, 0.25) is 0 Å². The van der Waals surface area contributed by atoms with E-state index >= 15 is 0 Å². The highest BCUT2D eigenvalue weighted by molar-refractivity contribution is 5.90. The Bertz CT molecular complexity index is 1490. The van der Waals surface area contributed by atoms with E-state index in [2.05, 4.69) is 10.1 Å². The van der Waals surface area contributed by atoms with Gasteiger partial charge in [-0.05, 0) is 42.5 Å². The number of alkyl halides is 5. The van der Waals surface area contributed by atoms with Crippen molar-refractivity contribution in [3.05, 3.63) is 87.8 Å². The number of nitrogens with zero attached hydrogens (tertiary/aromatic N) is 3. The Hall–Kier alpha value is -3.78. The van der Waals surface area contributed by atoms with E-state index in [0.29, 0.717) is 16.8 Å². The van der Waals surface area contributed by atoms with Gasteiger partial charge in [-0.1, -0.05) is 12.1 Å². The molecule has 4 aromatic rings. The molecule has 35 heavy (non-hydrogen) atoms. The van der Waals surface area contributed by atoms with Crippen molar-refractivity contribution in [3.8, 4) is 16.9 Å². The normalized spacial score (nSPS) is 12.8. The fourth-order valence-electron chi connectivity index (χ4n) is 3.49. The average Bonchev–Trinajstić information content (AvgIpc) is 2.77. The van der Waals surface area contributed by atoms with Gasteiger partial charge in [-0.25, -0.2) is 0 Å². The van der Waals surface area contributed by atoms with E-state index in [1.54, 1.807) is 0 Å². The predicted octanol–water partition coefficient (Wildman–Crippen LogP) is 2.60. The number of pyridine rings is 1. The van der Waals surface area contributed by atoms with Crippen molar-refractivity contribution in [3.63, 3.8) is 0 Å². The molecule has 0 bridgehead atoms. The predicted molar refractivity (Wildman–Crippen MR) is 110 cm³/mol. The first-order valence-corrected chi connectivity index (χ1v) is 9.66. The van der Waals surface area contributed by atoms with Gasteiger partial charge in [0.1, 0.15) is 11.2 Å². The molecule has 0 saturated carbocycles. The second kappa shape index (κ2) is 8.16. The second-order valence-corrected chi connectivity index (χ2v) is 7.45. The topological polar surface area (TPSA) is 129 Å². The molecule has 4 N–H and O–H groups in total. The van der Waals surface area contributed by atoms with Crippen LogP contribution in [0.5, 0.6) is 0 Å². The highest BCUT2D eigenvalue weighted by atomic mass is 19.4. The third-order valence-corrected chi connectivity index (χ3v) is 5.05. The number of fused-ring (bicyclic) bond motifs is 1. The summed E-state index contributed by atoms with van der Waals surface area (Å²) in [5.41, 5.74) is -5.23. The molecule has 0 atom stereocenters. The first kappa shape index (κ1) is 24.3. The lowest BCUT2D eigenvalue weighted by Crippen LogP contribution is -2.29. The van der Waals surface area contributed by atoms with Crippen LogP contribution in [0, 0.1) is 0 Å². The lowest BCUT2D eigenvalue weighted by molar-refractivity contribution is -0.290. The zero-order chi connectivity index (χ0) is 25.8. The molecule has 2 heterocycles. The van der Waals surface area contributed by atoms with Gasteiger partial charge >= 0.3 is 18.3 Å². The van der Waals surface area contributed by atoms with Gasteiger partial charge in [0.15, 0.2) is 0 Å². The van der Waals surface area contributed by atoms with E-state index in [4.69, 9.17) is 0 Å². The fourth-order valence-corrected chi connectivity index (χ4v) is 3.49. The molecule has 2 aromatic carbocycles. The minimum absolute atomic E-state index is 0.0532. The van der Waals surface area contributed by atoms with E-state index < -0.39 is 46.2 Å². The first-order chi connectivity index (χ1) is 16.2. The number of hydrogen-bond donors (Lipinski definition) is 4. The molecule has 0 unspecified atom stereocenters. The molecule has 0 aliphatic rings.